The van der Waals surface area contributed by atoms with Crippen LogP contribution in [0.25, 0.3) is 0 Å². The van der Waals surface area contributed by atoms with Crippen molar-refractivity contribution in [3.8, 4) is 0 Å². The Balaban J connectivity index is 1.66. The van der Waals surface area contributed by atoms with Gasteiger partial charge in [-0.15, -0.1) is 0 Å². The Morgan fingerprint density at radius 3 is 2.50 bits per heavy atom. The van der Waals surface area contributed by atoms with Crippen molar-refractivity contribution >= 4 is 17.2 Å². The number of rotatable bonds is 2. The molecule has 4 rings (SSSR count). The number of nitrogens with zero attached hydrogens (tertiary/aromatic N) is 1. The maximum absolute atomic E-state index is 5.06. The van der Waals surface area contributed by atoms with Crippen LogP contribution >= 0.6 is 0 Å². The topological polar surface area (TPSA) is 48.5 Å². The summed E-state index contributed by atoms with van der Waals surface area (Å²) in [5.41, 5.74) is 6.20. The molecule has 1 fully saturated rings. The van der Waals surface area contributed by atoms with E-state index in [9.17, 15) is 0 Å². The van der Waals surface area contributed by atoms with Gasteiger partial charge >= 0.3 is 0 Å². The van der Waals surface area contributed by atoms with Crippen molar-refractivity contribution in [2.75, 3.05) is 23.7 Å². The lowest BCUT2D eigenvalue weighted by Gasteiger charge is -2.24. The highest BCUT2D eigenvalue weighted by Gasteiger charge is 2.31. The van der Waals surface area contributed by atoms with Crippen LogP contribution in [0.1, 0.15) is 29.5 Å². The first-order valence-corrected chi connectivity index (χ1v) is 9.64. The summed E-state index contributed by atoms with van der Waals surface area (Å²) in [5.74, 6) is 1.53. The first kappa shape index (κ1) is 17.1. The second-order valence-corrected chi connectivity index (χ2v) is 7.55. The van der Waals surface area contributed by atoms with Crippen LogP contribution in [0, 0.1) is 19.8 Å². The predicted octanol–water partition coefficient (Wildman–Crippen LogP) is 4.11. The molecule has 4 heteroatoms. The van der Waals surface area contributed by atoms with Crippen molar-refractivity contribution in [3.63, 3.8) is 0 Å². The van der Waals surface area contributed by atoms with Gasteiger partial charge in [0.1, 0.15) is 5.84 Å². The molecule has 0 aliphatic carbocycles. The molecular weight excluding hydrogens is 320 g/mol. The van der Waals surface area contributed by atoms with Gasteiger partial charge in [-0.05, 0) is 57.5 Å². The van der Waals surface area contributed by atoms with Crippen LogP contribution in [-0.4, -0.2) is 25.0 Å². The van der Waals surface area contributed by atoms with Crippen LogP contribution in [0.3, 0.4) is 0 Å². The van der Waals surface area contributed by atoms with Crippen LogP contribution < -0.4 is 16.0 Å². The smallest absolute Gasteiger partial charge is 0.106 e. The maximum Gasteiger partial charge on any atom is 0.106 e. The standard InChI is InChI=1S/C22H28N4/c1-15-11-16(2)13-17(12-15)14-24-22-18-7-9-23-10-8-19(18)25-20-5-3-4-6-21(20)26-22/h3-6,11-13,18-19,23,25H,7-10,14H2,1-2H3,(H,24,26). The van der Waals surface area contributed by atoms with E-state index in [-0.39, 0.29) is 0 Å². The van der Waals surface area contributed by atoms with E-state index in [0.29, 0.717) is 12.0 Å². The average molecular weight is 348 g/mol. The monoisotopic (exact) mass is 348 g/mol. The fraction of sp³-hybridized carbons (Fsp3) is 0.409. The second-order valence-electron chi connectivity index (χ2n) is 7.55. The van der Waals surface area contributed by atoms with Gasteiger partial charge in [-0.2, -0.15) is 0 Å². The minimum absolute atomic E-state index is 0.406. The Labute approximate surface area is 156 Å². The number of para-hydroxylation sites is 2. The largest absolute Gasteiger partial charge is 0.380 e. The highest BCUT2D eigenvalue weighted by atomic mass is 15.1. The summed E-state index contributed by atoms with van der Waals surface area (Å²) in [4.78, 5) is 5.06. The van der Waals surface area contributed by atoms with Crippen molar-refractivity contribution in [2.45, 2.75) is 39.3 Å². The van der Waals surface area contributed by atoms with Crippen molar-refractivity contribution in [3.05, 3.63) is 59.2 Å². The quantitative estimate of drug-likeness (QED) is 0.765. The summed E-state index contributed by atoms with van der Waals surface area (Å²) in [5, 5.41) is 10.9. The summed E-state index contributed by atoms with van der Waals surface area (Å²) in [7, 11) is 0. The minimum atomic E-state index is 0.406. The van der Waals surface area contributed by atoms with Crippen molar-refractivity contribution in [1.82, 2.24) is 5.32 Å². The van der Waals surface area contributed by atoms with E-state index in [1.54, 1.807) is 0 Å². The number of benzene rings is 2. The van der Waals surface area contributed by atoms with E-state index in [2.05, 4.69) is 72.3 Å². The van der Waals surface area contributed by atoms with Gasteiger partial charge in [0.2, 0.25) is 0 Å². The average Bonchev–Trinajstić information content (AvgIpc) is 2.91. The van der Waals surface area contributed by atoms with Gasteiger partial charge in [0.25, 0.3) is 0 Å². The van der Waals surface area contributed by atoms with E-state index in [1.807, 2.05) is 0 Å². The molecule has 2 unspecified atom stereocenters. The number of amidine groups is 1. The predicted molar refractivity (Wildman–Crippen MR) is 110 cm³/mol. The van der Waals surface area contributed by atoms with Crippen LogP contribution in [-0.2, 0) is 6.54 Å². The SMILES string of the molecule is Cc1cc(C)cc(CN=C2Nc3ccccc3NC3CCNCCC23)c1. The van der Waals surface area contributed by atoms with Crippen LogP contribution in [0.15, 0.2) is 47.5 Å². The molecule has 2 aliphatic rings. The Kier molecular flexibility index (Phi) is 4.93. The first-order chi connectivity index (χ1) is 12.7. The number of hydrogen-bond acceptors (Lipinski definition) is 3. The molecule has 0 amide bonds. The van der Waals surface area contributed by atoms with Gasteiger partial charge in [0.05, 0.1) is 17.9 Å². The first-order valence-electron chi connectivity index (χ1n) is 9.64. The summed E-state index contributed by atoms with van der Waals surface area (Å²) < 4.78 is 0. The third-order valence-electron chi connectivity index (χ3n) is 5.35. The highest BCUT2D eigenvalue weighted by molar-refractivity contribution is 6.01. The van der Waals surface area contributed by atoms with E-state index >= 15 is 0 Å². The van der Waals surface area contributed by atoms with Crippen molar-refractivity contribution in [2.24, 2.45) is 10.9 Å². The number of hydrogen-bond donors (Lipinski definition) is 3. The van der Waals surface area contributed by atoms with Gasteiger partial charge < -0.3 is 16.0 Å². The number of nitrogens with one attached hydrogen (secondary N) is 3. The van der Waals surface area contributed by atoms with Gasteiger partial charge in [-0.3, -0.25) is 4.99 Å². The molecule has 2 aliphatic heterocycles. The molecule has 4 nitrogen and oxygen atoms in total. The third kappa shape index (κ3) is 3.75. The van der Waals surface area contributed by atoms with Gasteiger partial charge in [0, 0.05) is 12.0 Å². The van der Waals surface area contributed by atoms with Crippen molar-refractivity contribution in [1.29, 1.82) is 0 Å². The lowest BCUT2D eigenvalue weighted by molar-refractivity contribution is 0.547. The molecule has 0 spiro atoms. The molecule has 0 aromatic heterocycles. The molecule has 0 bridgehead atoms. The Bertz CT molecular complexity index is 791. The molecular formula is C22H28N4. The lowest BCUT2D eigenvalue weighted by Crippen LogP contribution is -2.35. The number of aliphatic imine (C=N–C) groups is 1. The fourth-order valence-electron chi connectivity index (χ4n) is 4.18. The molecule has 2 aromatic rings. The molecule has 136 valence electrons. The molecule has 2 atom stereocenters. The van der Waals surface area contributed by atoms with E-state index in [4.69, 9.17) is 4.99 Å². The Morgan fingerprint density at radius 1 is 0.962 bits per heavy atom. The summed E-state index contributed by atoms with van der Waals surface area (Å²) in [6.45, 7) is 7.13. The molecule has 2 aromatic carbocycles. The molecule has 2 heterocycles. The zero-order chi connectivity index (χ0) is 17.9. The maximum atomic E-state index is 5.06. The summed E-state index contributed by atoms with van der Waals surface area (Å²) >= 11 is 0. The number of fused-ring (bicyclic) bond motifs is 2. The third-order valence-corrected chi connectivity index (χ3v) is 5.35. The lowest BCUT2D eigenvalue weighted by atomic mass is 9.93. The van der Waals surface area contributed by atoms with Crippen LogP contribution in [0.4, 0.5) is 11.4 Å². The zero-order valence-electron chi connectivity index (χ0n) is 15.7. The number of aryl methyl sites for hydroxylation is 2. The van der Waals surface area contributed by atoms with E-state index in [0.717, 1.165) is 44.0 Å². The van der Waals surface area contributed by atoms with Gasteiger partial charge in [-0.1, -0.05) is 41.5 Å². The molecule has 1 saturated heterocycles. The summed E-state index contributed by atoms with van der Waals surface area (Å²) in [6, 6.07) is 15.6. The van der Waals surface area contributed by atoms with Crippen LogP contribution in [0.5, 0.6) is 0 Å². The molecule has 0 radical (unpaired) electrons. The molecule has 0 saturated carbocycles. The Morgan fingerprint density at radius 2 is 1.69 bits per heavy atom. The molecule has 26 heavy (non-hydrogen) atoms. The molecule has 3 N–H and O–H groups in total. The van der Waals surface area contributed by atoms with Gasteiger partial charge in [-0.25, -0.2) is 0 Å². The summed E-state index contributed by atoms with van der Waals surface area (Å²) in [6.07, 6.45) is 2.22. The minimum Gasteiger partial charge on any atom is -0.380 e. The normalized spacial score (nSPS) is 23.8. The van der Waals surface area contributed by atoms with Gasteiger partial charge in [0.15, 0.2) is 0 Å². The number of anilines is 2. The second kappa shape index (κ2) is 7.50. The fourth-order valence-corrected chi connectivity index (χ4v) is 4.18. The highest BCUT2D eigenvalue weighted by Crippen LogP contribution is 2.31. The van der Waals surface area contributed by atoms with Crippen molar-refractivity contribution < 1.29 is 0 Å². The van der Waals surface area contributed by atoms with Crippen LogP contribution in [0.2, 0.25) is 0 Å². The Hall–Kier alpha value is -2.33. The van der Waals surface area contributed by atoms with E-state index in [1.165, 1.54) is 22.4 Å². The zero-order valence-corrected chi connectivity index (χ0v) is 15.7. The van der Waals surface area contributed by atoms with E-state index < -0.39 is 0 Å².